The van der Waals surface area contributed by atoms with E-state index in [9.17, 15) is 18.3 Å². The lowest BCUT2D eigenvalue weighted by molar-refractivity contribution is -0.274. The third-order valence-electron chi connectivity index (χ3n) is 3.92. The van der Waals surface area contributed by atoms with E-state index < -0.39 is 6.36 Å². The van der Waals surface area contributed by atoms with E-state index >= 15 is 0 Å². The molecule has 21 heavy (non-hydrogen) atoms. The van der Waals surface area contributed by atoms with E-state index in [4.69, 9.17) is 0 Å². The number of alkyl halides is 3. The van der Waals surface area contributed by atoms with Gasteiger partial charge in [-0.05, 0) is 48.9 Å². The Morgan fingerprint density at radius 3 is 2.71 bits per heavy atom. The SMILES string of the molecule is OCC1CCCC1CNCc1cccc(OC(F)(F)F)c1. The minimum absolute atomic E-state index is 0.198. The topological polar surface area (TPSA) is 41.5 Å². The molecule has 1 aliphatic carbocycles. The van der Waals surface area contributed by atoms with E-state index in [1.165, 1.54) is 12.1 Å². The number of aliphatic hydroxyl groups excluding tert-OH is 1. The van der Waals surface area contributed by atoms with Crippen LogP contribution in [0, 0.1) is 11.8 Å². The number of hydrogen-bond donors (Lipinski definition) is 2. The van der Waals surface area contributed by atoms with Gasteiger partial charge in [0.05, 0.1) is 0 Å². The van der Waals surface area contributed by atoms with E-state index in [1.54, 1.807) is 12.1 Å². The summed E-state index contributed by atoms with van der Waals surface area (Å²) in [5.74, 6) is 0.595. The molecule has 0 radical (unpaired) electrons. The summed E-state index contributed by atoms with van der Waals surface area (Å²) in [6.45, 7) is 1.47. The minimum Gasteiger partial charge on any atom is -0.406 e. The molecule has 1 fully saturated rings. The zero-order valence-electron chi connectivity index (χ0n) is 11.7. The van der Waals surface area contributed by atoms with Gasteiger partial charge in [-0.15, -0.1) is 13.2 Å². The molecule has 0 amide bonds. The number of benzene rings is 1. The van der Waals surface area contributed by atoms with Crippen LogP contribution < -0.4 is 10.1 Å². The van der Waals surface area contributed by atoms with E-state index in [2.05, 4.69) is 10.1 Å². The quantitative estimate of drug-likeness (QED) is 0.848. The molecule has 118 valence electrons. The second-order valence-corrected chi connectivity index (χ2v) is 5.46. The fraction of sp³-hybridized carbons (Fsp3) is 0.600. The maximum atomic E-state index is 12.1. The Hall–Kier alpha value is -1.27. The van der Waals surface area contributed by atoms with Crippen molar-refractivity contribution in [1.82, 2.24) is 5.32 Å². The first kappa shape index (κ1) is 16.1. The second kappa shape index (κ2) is 7.13. The Labute approximate surface area is 122 Å². The molecule has 0 heterocycles. The van der Waals surface area contributed by atoms with E-state index in [-0.39, 0.29) is 12.4 Å². The predicted octanol–water partition coefficient (Wildman–Crippen LogP) is 3.08. The Morgan fingerprint density at radius 1 is 1.24 bits per heavy atom. The molecule has 0 bridgehead atoms. The maximum absolute atomic E-state index is 12.1. The highest BCUT2D eigenvalue weighted by Gasteiger charge is 2.31. The van der Waals surface area contributed by atoms with Crippen molar-refractivity contribution in [2.24, 2.45) is 11.8 Å². The Kier molecular flexibility index (Phi) is 5.47. The van der Waals surface area contributed by atoms with Gasteiger partial charge in [0, 0.05) is 13.2 Å². The van der Waals surface area contributed by atoms with Gasteiger partial charge in [0.2, 0.25) is 0 Å². The fourth-order valence-electron chi connectivity index (χ4n) is 2.88. The summed E-state index contributed by atoms with van der Waals surface area (Å²) < 4.78 is 40.3. The molecule has 3 nitrogen and oxygen atoms in total. The summed E-state index contributed by atoms with van der Waals surface area (Å²) in [7, 11) is 0. The van der Waals surface area contributed by atoms with Gasteiger partial charge in [0.1, 0.15) is 5.75 Å². The number of hydrogen-bond acceptors (Lipinski definition) is 3. The smallest absolute Gasteiger partial charge is 0.406 e. The van der Waals surface area contributed by atoms with Crippen molar-refractivity contribution in [3.05, 3.63) is 29.8 Å². The van der Waals surface area contributed by atoms with Crippen LogP contribution >= 0.6 is 0 Å². The Bertz CT molecular complexity index is 451. The van der Waals surface area contributed by atoms with E-state index in [0.29, 0.717) is 18.4 Å². The van der Waals surface area contributed by atoms with Crippen LogP contribution in [0.2, 0.25) is 0 Å². The largest absolute Gasteiger partial charge is 0.573 e. The third kappa shape index (κ3) is 5.21. The van der Waals surface area contributed by atoms with Gasteiger partial charge in [-0.25, -0.2) is 0 Å². The van der Waals surface area contributed by atoms with Gasteiger partial charge in [0.25, 0.3) is 0 Å². The molecule has 1 aromatic rings. The molecule has 1 aromatic carbocycles. The lowest BCUT2D eigenvalue weighted by atomic mass is 9.97. The summed E-state index contributed by atoms with van der Waals surface area (Å²) in [4.78, 5) is 0. The number of nitrogens with one attached hydrogen (secondary N) is 1. The number of aliphatic hydroxyl groups is 1. The summed E-state index contributed by atoms with van der Waals surface area (Å²) in [5, 5.41) is 12.5. The van der Waals surface area contributed by atoms with Crippen LogP contribution in [0.3, 0.4) is 0 Å². The zero-order chi connectivity index (χ0) is 15.3. The molecule has 1 aliphatic rings. The third-order valence-corrected chi connectivity index (χ3v) is 3.92. The van der Waals surface area contributed by atoms with Crippen molar-refractivity contribution in [2.75, 3.05) is 13.2 Å². The Morgan fingerprint density at radius 2 is 2.00 bits per heavy atom. The standard InChI is InChI=1S/C15H20F3NO2/c16-15(17,18)21-14-6-1-3-11(7-14)8-19-9-12-4-2-5-13(12)10-20/h1,3,6-7,12-13,19-20H,2,4-5,8-10H2. The number of halogens is 3. The summed E-state index contributed by atoms with van der Waals surface area (Å²) in [6, 6.07) is 5.98. The summed E-state index contributed by atoms with van der Waals surface area (Å²) in [6.07, 6.45) is -1.38. The molecular weight excluding hydrogens is 283 g/mol. The molecule has 2 N–H and O–H groups in total. The highest BCUT2D eigenvalue weighted by Crippen LogP contribution is 2.30. The van der Waals surface area contributed by atoms with Gasteiger partial charge in [-0.1, -0.05) is 18.6 Å². The van der Waals surface area contributed by atoms with Crippen LogP contribution in [-0.4, -0.2) is 24.6 Å². The molecule has 1 saturated carbocycles. The predicted molar refractivity (Wildman–Crippen MR) is 72.7 cm³/mol. The second-order valence-electron chi connectivity index (χ2n) is 5.46. The summed E-state index contributed by atoms with van der Waals surface area (Å²) >= 11 is 0. The minimum atomic E-state index is -4.66. The lowest BCUT2D eigenvalue weighted by Crippen LogP contribution is -2.26. The average molecular weight is 303 g/mol. The molecule has 2 rings (SSSR count). The van der Waals surface area contributed by atoms with Gasteiger partial charge >= 0.3 is 6.36 Å². The van der Waals surface area contributed by atoms with Crippen molar-refractivity contribution < 1.29 is 23.0 Å². The average Bonchev–Trinajstić information content (AvgIpc) is 2.85. The first-order chi connectivity index (χ1) is 9.98. The fourth-order valence-corrected chi connectivity index (χ4v) is 2.88. The number of rotatable bonds is 6. The molecule has 0 aliphatic heterocycles. The maximum Gasteiger partial charge on any atom is 0.573 e. The van der Waals surface area contributed by atoms with Gasteiger partial charge in [0.15, 0.2) is 0 Å². The first-order valence-electron chi connectivity index (χ1n) is 7.14. The first-order valence-corrected chi connectivity index (χ1v) is 7.14. The highest BCUT2D eigenvalue weighted by molar-refractivity contribution is 5.28. The van der Waals surface area contributed by atoms with Crippen molar-refractivity contribution in [2.45, 2.75) is 32.2 Å². The van der Waals surface area contributed by atoms with Crippen LogP contribution in [0.5, 0.6) is 5.75 Å². The molecule has 0 saturated heterocycles. The number of ether oxygens (including phenoxy) is 1. The highest BCUT2D eigenvalue weighted by atomic mass is 19.4. The van der Waals surface area contributed by atoms with Crippen LogP contribution in [0.25, 0.3) is 0 Å². The molecule has 6 heteroatoms. The van der Waals surface area contributed by atoms with Crippen molar-refractivity contribution in [3.8, 4) is 5.75 Å². The Balaban J connectivity index is 1.82. The zero-order valence-corrected chi connectivity index (χ0v) is 11.7. The van der Waals surface area contributed by atoms with Gasteiger partial charge in [-0.3, -0.25) is 0 Å². The van der Waals surface area contributed by atoms with E-state index in [1.807, 2.05) is 0 Å². The van der Waals surface area contributed by atoms with Gasteiger partial charge < -0.3 is 15.2 Å². The van der Waals surface area contributed by atoms with Gasteiger partial charge in [-0.2, -0.15) is 0 Å². The van der Waals surface area contributed by atoms with Crippen molar-refractivity contribution in [3.63, 3.8) is 0 Å². The normalized spacial score (nSPS) is 22.5. The van der Waals surface area contributed by atoms with Crippen LogP contribution in [0.1, 0.15) is 24.8 Å². The molecule has 0 spiro atoms. The van der Waals surface area contributed by atoms with Crippen LogP contribution in [-0.2, 0) is 6.54 Å². The molecule has 2 atom stereocenters. The summed E-state index contributed by atoms with van der Waals surface area (Å²) in [5.41, 5.74) is 0.746. The molecular formula is C15H20F3NO2. The van der Waals surface area contributed by atoms with Crippen LogP contribution in [0.4, 0.5) is 13.2 Å². The molecule has 0 aromatic heterocycles. The van der Waals surface area contributed by atoms with E-state index in [0.717, 1.165) is 31.4 Å². The monoisotopic (exact) mass is 303 g/mol. The lowest BCUT2D eigenvalue weighted by Gasteiger charge is -2.18. The molecule has 2 unspecified atom stereocenters. The van der Waals surface area contributed by atoms with Crippen LogP contribution in [0.15, 0.2) is 24.3 Å². The van der Waals surface area contributed by atoms with Crippen molar-refractivity contribution >= 4 is 0 Å². The van der Waals surface area contributed by atoms with Crippen molar-refractivity contribution in [1.29, 1.82) is 0 Å².